The molecule has 1 aromatic rings. The van der Waals surface area contributed by atoms with Crippen LogP contribution in [0.5, 0.6) is 0 Å². The summed E-state index contributed by atoms with van der Waals surface area (Å²) in [6, 6.07) is 1.13. The van der Waals surface area contributed by atoms with Gasteiger partial charge in [0.05, 0.1) is 6.04 Å². The zero-order chi connectivity index (χ0) is 12.1. The van der Waals surface area contributed by atoms with Crippen LogP contribution in [-0.4, -0.2) is 11.0 Å². The molecular weight excluding hydrogens is 228 g/mol. The summed E-state index contributed by atoms with van der Waals surface area (Å²) in [5.74, 6) is 0. The highest BCUT2D eigenvalue weighted by Gasteiger charge is 2.17. The first-order chi connectivity index (χ1) is 8.29. The first kappa shape index (κ1) is 13.0. The van der Waals surface area contributed by atoms with E-state index < -0.39 is 0 Å². The first-order valence-electron chi connectivity index (χ1n) is 7.00. The predicted octanol–water partition coefficient (Wildman–Crippen LogP) is 4.08. The SMILES string of the molecule is CCc1cnc(C(C)NC2CCCCCC2)s1. The molecule has 0 saturated heterocycles. The van der Waals surface area contributed by atoms with Crippen LogP contribution in [0, 0.1) is 0 Å². The maximum absolute atomic E-state index is 4.53. The van der Waals surface area contributed by atoms with Gasteiger partial charge >= 0.3 is 0 Å². The molecule has 1 aliphatic carbocycles. The maximum Gasteiger partial charge on any atom is 0.109 e. The van der Waals surface area contributed by atoms with Crippen LogP contribution in [-0.2, 0) is 6.42 Å². The highest BCUT2D eigenvalue weighted by molar-refractivity contribution is 7.11. The highest BCUT2D eigenvalue weighted by atomic mass is 32.1. The summed E-state index contributed by atoms with van der Waals surface area (Å²) in [6.07, 6.45) is 11.4. The summed E-state index contributed by atoms with van der Waals surface area (Å²) in [7, 11) is 0. The van der Waals surface area contributed by atoms with Crippen LogP contribution < -0.4 is 5.32 Å². The highest BCUT2D eigenvalue weighted by Crippen LogP contribution is 2.24. The molecule has 3 heteroatoms. The monoisotopic (exact) mass is 252 g/mol. The molecule has 0 aliphatic heterocycles. The topological polar surface area (TPSA) is 24.9 Å². The summed E-state index contributed by atoms with van der Waals surface area (Å²) < 4.78 is 0. The van der Waals surface area contributed by atoms with Crippen LogP contribution >= 0.6 is 11.3 Å². The number of thiazole rings is 1. The smallest absolute Gasteiger partial charge is 0.109 e. The summed E-state index contributed by atoms with van der Waals surface area (Å²) in [5.41, 5.74) is 0. The van der Waals surface area contributed by atoms with Gasteiger partial charge in [0.2, 0.25) is 0 Å². The molecule has 0 bridgehead atoms. The lowest BCUT2D eigenvalue weighted by Crippen LogP contribution is -2.30. The van der Waals surface area contributed by atoms with Crippen molar-refractivity contribution in [1.82, 2.24) is 10.3 Å². The van der Waals surface area contributed by atoms with E-state index in [2.05, 4.69) is 24.1 Å². The molecule has 96 valence electrons. The second-order valence-corrected chi connectivity index (χ2v) is 6.24. The number of hydrogen-bond donors (Lipinski definition) is 1. The van der Waals surface area contributed by atoms with Gasteiger partial charge in [-0.05, 0) is 26.2 Å². The second-order valence-electron chi connectivity index (χ2n) is 5.10. The summed E-state index contributed by atoms with van der Waals surface area (Å²) >= 11 is 1.86. The van der Waals surface area contributed by atoms with E-state index in [0.717, 1.165) is 6.42 Å². The Morgan fingerprint density at radius 1 is 1.35 bits per heavy atom. The van der Waals surface area contributed by atoms with Gasteiger partial charge in [0.1, 0.15) is 5.01 Å². The van der Waals surface area contributed by atoms with Crippen LogP contribution in [0.2, 0.25) is 0 Å². The van der Waals surface area contributed by atoms with E-state index in [4.69, 9.17) is 0 Å². The molecule has 1 atom stereocenters. The van der Waals surface area contributed by atoms with E-state index in [-0.39, 0.29) is 0 Å². The standard InChI is InChI=1S/C14H24N2S/c1-3-13-10-15-14(17-13)11(2)16-12-8-6-4-5-7-9-12/h10-12,16H,3-9H2,1-2H3. The van der Waals surface area contributed by atoms with Crippen molar-refractivity contribution in [3.63, 3.8) is 0 Å². The Morgan fingerprint density at radius 3 is 2.65 bits per heavy atom. The Kier molecular flexibility index (Phi) is 4.99. The fourth-order valence-corrected chi connectivity index (χ4v) is 3.43. The van der Waals surface area contributed by atoms with Crippen molar-refractivity contribution in [1.29, 1.82) is 0 Å². The Hall–Kier alpha value is -0.410. The Labute approximate surface area is 109 Å². The minimum absolute atomic E-state index is 0.420. The fraction of sp³-hybridized carbons (Fsp3) is 0.786. The average molecular weight is 252 g/mol. The van der Waals surface area contributed by atoms with Crippen molar-refractivity contribution in [3.8, 4) is 0 Å². The number of hydrogen-bond acceptors (Lipinski definition) is 3. The normalized spacial score (nSPS) is 20.1. The zero-order valence-corrected chi connectivity index (χ0v) is 11.9. The lowest BCUT2D eigenvalue weighted by molar-refractivity contribution is 0.413. The van der Waals surface area contributed by atoms with Crippen molar-refractivity contribution in [2.75, 3.05) is 0 Å². The number of aromatic nitrogens is 1. The van der Waals surface area contributed by atoms with Gasteiger partial charge in [0, 0.05) is 17.1 Å². The van der Waals surface area contributed by atoms with Crippen molar-refractivity contribution in [3.05, 3.63) is 16.1 Å². The lowest BCUT2D eigenvalue weighted by atomic mass is 10.1. The number of nitrogens with one attached hydrogen (secondary N) is 1. The third-order valence-electron chi connectivity index (χ3n) is 3.63. The predicted molar refractivity (Wildman–Crippen MR) is 74.5 cm³/mol. The van der Waals surface area contributed by atoms with E-state index in [0.29, 0.717) is 12.1 Å². The van der Waals surface area contributed by atoms with Gasteiger partial charge in [-0.1, -0.05) is 32.6 Å². The van der Waals surface area contributed by atoms with Crippen LogP contribution in [0.15, 0.2) is 6.20 Å². The van der Waals surface area contributed by atoms with Crippen LogP contribution in [0.25, 0.3) is 0 Å². The molecule has 1 heterocycles. The third kappa shape index (κ3) is 3.78. The van der Waals surface area contributed by atoms with E-state index in [1.54, 1.807) is 0 Å². The van der Waals surface area contributed by atoms with Gasteiger partial charge in [-0.25, -0.2) is 4.98 Å². The number of rotatable bonds is 4. The van der Waals surface area contributed by atoms with Gasteiger partial charge in [-0.2, -0.15) is 0 Å². The molecule has 1 N–H and O–H groups in total. The van der Waals surface area contributed by atoms with Crippen molar-refractivity contribution in [2.24, 2.45) is 0 Å². The Bertz CT molecular complexity index is 327. The van der Waals surface area contributed by atoms with E-state index >= 15 is 0 Å². The lowest BCUT2D eigenvalue weighted by Gasteiger charge is -2.20. The van der Waals surface area contributed by atoms with Gasteiger partial charge < -0.3 is 5.32 Å². The van der Waals surface area contributed by atoms with Gasteiger partial charge in [0.25, 0.3) is 0 Å². The van der Waals surface area contributed by atoms with Crippen LogP contribution in [0.1, 0.15) is 68.3 Å². The van der Waals surface area contributed by atoms with Gasteiger partial charge in [-0.15, -0.1) is 11.3 Å². The summed E-state index contributed by atoms with van der Waals surface area (Å²) in [5, 5.41) is 5.02. The zero-order valence-electron chi connectivity index (χ0n) is 11.0. The summed E-state index contributed by atoms with van der Waals surface area (Å²) in [4.78, 5) is 5.93. The summed E-state index contributed by atoms with van der Waals surface area (Å²) in [6.45, 7) is 4.45. The third-order valence-corrected chi connectivity index (χ3v) is 4.96. The molecule has 1 aliphatic rings. The molecule has 1 aromatic heterocycles. The van der Waals surface area contributed by atoms with E-state index in [1.807, 2.05) is 17.5 Å². The van der Waals surface area contributed by atoms with Crippen molar-refractivity contribution >= 4 is 11.3 Å². The Morgan fingerprint density at radius 2 is 2.06 bits per heavy atom. The second kappa shape index (κ2) is 6.50. The molecule has 0 amide bonds. The minimum atomic E-state index is 0.420. The Balaban J connectivity index is 1.88. The fourth-order valence-electron chi connectivity index (χ4n) is 2.56. The van der Waals surface area contributed by atoms with Crippen LogP contribution in [0.3, 0.4) is 0 Å². The number of nitrogens with zero attached hydrogens (tertiary/aromatic N) is 1. The minimum Gasteiger partial charge on any atom is -0.305 e. The molecule has 17 heavy (non-hydrogen) atoms. The first-order valence-corrected chi connectivity index (χ1v) is 7.82. The van der Waals surface area contributed by atoms with Crippen LogP contribution in [0.4, 0.5) is 0 Å². The molecule has 0 radical (unpaired) electrons. The molecule has 1 fully saturated rings. The molecule has 0 spiro atoms. The van der Waals surface area contributed by atoms with Gasteiger partial charge in [-0.3, -0.25) is 0 Å². The van der Waals surface area contributed by atoms with Crippen molar-refractivity contribution in [2.45, 2.75) is 70.9 Å². The molecule has 0 aromatic carbocycles. The largest absolute Gasteiger partial charge is 0.305 e. The van der Waals surface area contributed by atoms with Gasteiger partial charge in [0.15, 0.2) is 0 Å². The van der Waals surface area contributed by atoms with E-state index in [9.17, 15) is 0 Å². The maximum atomic E-state index is 4.53. The van der Waals surface area contributed by atoms with Crippen molar-refractivity contribution < 1.29 is 0 Å². The van der Waals surface area contributed by atoms with E-state index in [1.165, 1.54) is 48.4 Å². The number of aryl methyl sites for hydroxylation is 1. The molecule has 2 rings (SSSR count). The quantitative estimate of drug-likeness (QED) is 0.817. The average Bonchev–Trinajstić information content (AvgIpc) is 2.68. The molecule has 2 nitrogen and oxygen atoms in total. The molecule has 1 unspecified atom stereocenters. The molecular formula is C14H24N2S. The molecule has 1 saturated carbocycles.